The van der Waals surface area contributed by atoms with Crippen LogP contribution in [0.2, 0.25) is 0 Å². The number of aromatic nitrogens is 1. The fourth-order valence-electron chi connectivity index (χ4n) is 3.62. The Hall–Kier alpha value is -2.51. The van der Waals surface area contributed by atoms with E-state index < -0.39 is 0 Å². The van der Waals surface area contributed by atoms with Gasteiger partial charge in [-0.05, 0) is 55.3 Å². The number of nitrogens with zero attached hydrogens (tertiary/aromatic N) is 3. The second kappa shape index (κ2) is 11.8. The molecule has 2 amide bonds. The molecule has 0 bridgehead atoms. The number of amides is 2. The van der Waals surface area contributed by atoms with Crippen LogP contribution in [-0.2, 0) is 20.7 Å². The van der Waals surface area contributed by atoms with Gasteiger partial charge < -0.3 is 9.64 Å². The highest BCUT2D eigenvalue weighted by molar-refractivity contribution is 7.11. The molecular weight excluding hydrogens is 410 g/mol. The van der Waals surface area contributed by atoms with Gasteiger partial charge in [-0.3, -0.25) is 19.5 Å². The summed E-state index contributed by atoms with van der Waals surface area (Å²) in [6.07, 6.45) is 7.10. The highest BCUT2D eigenvalue weighted by atomic mass is 32.1. The highest BCUT2D eigenvalue weighted by Gasteiger charge is 2.41. The summed E-state index contributed by atoms with van der Waals surface area (Å²) in [5.74, 6) is -0.392. The van der Waals surface area contributed by atoms with Gasteiger partial charge in [0.05, 0.1) is 5.57 Å². The molecule has 0 saturated carbocycles. The first-order valence-electron chi connectivity index (χ1n) is 11.0. The van der Waals surface area contributed by atoms with Crippen LogP contribution in [0.4, 0.5) is 0 Å². The molecule has 2 aromatic rings. The number of hydrogen-bond donors (Lipinski definition) is 0. The second-order valence-corrected chi connectivity index (χ2v) is 8.42. The van der Waals surface area contributed by atoms with E-state index in [-0.39, 0.29) is 11.8 Å². The minimum absolute atomic E-state index is 0.196. The molecule has 7 heteroatoms. The van der Waals surface area contributed by atoms with Crippen LogP contribution in [0.5, 0.6) is 0 Å². The molecule has 0 spiro atoms. The van der Waals surface area contributed by atoms with Crippen molar-refractivity contribution in [2.45, 2.75) is 39.5 Å². The van der Waals surface area contributed by atoms with Crippen molar-refractivity contribution in [3.63, 3.8) is 0 Å². The number of unbranched alkanes of at least 4 members (excludes halogenated alkanes) is 1. The molecule has 0 unspecified atom stereocenters. The number of thiophene rings is 1. The van der Waals surface area contributed by atoms with Gasteiger partial charge in [0.25, 0.3) is 11.8 Å². The maximum absolute atomic E-state index is 13.4. The van der Waals surface area contributed by atoms with Crippen molar-refractivity contribution < 1.29 is 14.3 Å². The molecule has 3 rings (SSSR count). The number of imide groups is 1. The van der Waals surface area contributed by atoms with E-state index >= 15 is 0 Å². The van der Waals surface area contributed by atoms with E-state index in [1.807, 2.05) is 41.5 Å². The average Bonchev–Trinajstić information content (AvgIpc) is 3.40. The van der Waals surface area contributed by atoms with E-state index in [9.17, 15) is 9.59 Å². The Morgan fingerprint density at radius 1 is 1.06 bits per heavy atom. The Kier molecular flexibility index (Phi) is 8.79. The van der Waals surface area contributed by atoms with Crippen molar-refractivity contribution >= 4 is 28.7 Å². The Labute approximate surface area is 188 Å². The molecule has 0 aromatic carbocycles. The van der Waals surface area contributed by atoms with Gasteiger partial charge in [-0.25, -0.2) is 0 Å². The summed E-state index contributed by atoms with van der Waals surface area (Å²) in [5, 5.41) is 1.94. The predicted octanol–water partition coefficient (Wildman–Crippen LogP) is 3.99. The third-order valence-electron chi connectivity index (χ3n) is 5.34. The Bertz CT molecular complexity index is 881. The van der Waals surface area contributed by atoms with E-state index in [1.165, 1.54) is 16.2 Å². The number of rotatable bonds is 13. The third kappa shape index (κ3) is 5.80. The molecule has 6 nitrogen and oxygen atoms in total. The van der Waals surface area contributed by atoms with E-state index in [0.717, 1.165) is 36.3 Å². The molecule has 1 aliphatic rings. The summed E-state index contributed by atoms with van der Waals surface area (Å²) in [4.78, 5) is 35.0. The van der Waals surface area contributed by atoms with Gasteiger partial charge in [0.15, 0.2) is 0 Å². The monoisotopic (exact) mass is 441 g/mol. The van der Waals surface area contributed by atoms with Gasteiger partial charge in [-0.2, -0.15) is 0 Å². The van der Waals surface area contributed by atoms with Crippen LogP contribution in [0, 0.1) is 0 Å². The van der Waals surface area contributed by atoms with Crippen molar-refractivity contribution in [1.82, 2.24) is 14.8 Å². The van der Waals surface area contributed by atoms with Crippen LogP contribution in [0.3, 0.4) is 0 Å². The lowest BCUT2D eigenvalue weighted by Crippen LogP contribution is -2.36. The SMILES string of the molecule is CCCCOCCCN1C(=O)C(c2cccs2)=C(N(CC)CCc2ccncc2)C1=O. The molecule has 0 atom stereocenters. The zero-order valence-corrected chi connectivity index (χ0v) is 19.2. The molecule has 0 aliphatic carbocycles. The molecule has 3 heterocycles. The van der Waals surface area contributed by atoms with Crippen molar-refractivity contribution in [2.24, 2.45) is 0 Å². The topological polar surface area (TPSA) is 62.7 Å². The molecule has 1 aliphatic heterocycles. The zero-order chi connectivity index (χ0) is 22.1. The van der Waals surface area contributed by atoms with E-state index in [1.54, 1.807) is 12.4 Å². The predicted molar refractivity (Wildman–Crippen MR) is 123 cm³/mol. The first kappa shape index (κ1) is 23.2. The highest BCUT2D eigenvalue weighted by Crippen LogP contribution is 2.34. The maximum Gasteiger partial charge on any atom is 0.277 e. The van der Waals surface area contributed by atoms with E-state index in [2.05, 4.69) is 11.9 Å². The van der Waals surface area contributed by atoms with Crippen LogP contribution in [-0.4, -0.2) is 59.4 Å². The lowest BCUT2D eigenvalue weighted by Gasteiger charge is -2.24. The lowest BCUT2D eigenvalue weighted by molar-refractivity contribution is -0.137. The van der Waals surface area contributed by atoms with Crippen LogP contribution >= 0.6 is 11.3 Å². The number of hydrogen-bond acceptors (Lipinski definition) is 6. The first-order chi connectivity index (χ1) is 15.2. The number of likely N-dealkylation sites (N-methyl/N-ethyl adjacent to an activating group) is 1. The van der Waals surface area contributed by atoms with Gasteiger partial charge in [0.1, 0.15) is 5.70 Å². The minimum Gasteiger partial charge on any atom is -0.381 e. The Balaban J connectivity index is 1.75. The summed E-state index contributed by atoms with van der Waals surface area (Å²) >= 11 is 1.49. The van der Waals surface area contributed by atoms with Crippen LogP contribution in [0.1, 0.15) is 43.6 Å². The Morgan fingerprint density at radius 2 is 1.84 bits per heavy atom. The first-order valence-corrected chi connectivity index (χ1v) is 11.9. The molecule has 166 valence electrons. The van der Waals surface area contributed by atoms with Crippen LogP contribution in [0.25, 0.3) is 5.57 Å². The van der Waals surface area contributed by atoms with E-state index in [4.69, 9.17) is 4.74 Å². The van der Waals surface area contributed by atoms with Gasteiger partial charge in [0.2, 0.25) is 0 Å². The quantitative estimate of drug-likeness (QED) is 0.347. The van der Waals surface area contributed by atoms with Crippen LogP contribution < -0.4 is 0 Å². The van der Waals surface area contributed by atoms with Gasteiger partial charge >= 0.3 is 0 Å². The summed E-state index contributed by atoms with van der Waals surface area (Å²) in [6, 6.07) is 7.79. The van der Waals surface area contributed by atoms with Gasteiger partial charge in [-0.15, -0.1) is 11.3 Å². The summed E-state index contributed by atoms with van der Waals surface area (Å²) in [6.45, 7) is 7.12. The fraction of sp³-hybridized carbons (Fsp3) is 0.458. The smallest absolute Gasteiger partial charge is 0.277 e. The summed E-state index contributed by atoms with van der Waals surface area (Å²) in [5.41, 5.74) is 2.21. The largest absolute Gasteiger partial charge is 0.381 e. The minimum atomic E-state index is -0.196. The fourth-order valence-corrected chi connectivity index (χ4v) is 4.38. The van der Waals surface area contributed by atoms with Crippen molar-refractivity contribution in [2.75, 3.05) is 32.8 Å². The van der Waals surface area contributed by atoms with Crippen molar-refractivity contribution in [3.8, 4) is 0 Å². The molecule has 31 heavy (non-hydrogen) atoms. The van der Waals surface area contributed by atoms with Crippen LogP contribution in [0.15, 0.2) is 47.7 Å². The van der Waals surface area contributed by atoms with Gasteiger partial charge in [-0.1, -0.05) is 19.4 Å². The standard InChI is InChI=1S/C24H31N3O3S/c1-3-5-16-30-17-7-14-27-23(28)21(20-8-6-18-31-20)22(24(27)29)26(4-2)15-11-19-9-12-25-13-10-19/h6,8-10,12-13,18H,3-5,7,11,14-17H2,1-2H3. The number of carbonyl (C=O) groups is 2. The number of carbonyl (C=O) groups excluding carboxylic acids is 2. The molecule has 0 radical (unpaired) electrons. The summed E-state index contributed by atoms with van der Waals surface area (Å²) < 4.78 is 5.61. The normalized spacial score (nSPS) is 14.1. The Morgan fingerprint density at radius 3 is 2.52 bits per heavy atom. The zero-order valence-electron chi connectivity index (χ0n) is 18.4. The maximum atomic E-state index is 13.4. The lowest BCUT2D eigenvalue weighted by atomic mass is 10.1. The molecule has 0 N–H and O–H groups in total. The molecule has 2 aromatic heterocycles. The van der Waals surface area contributed by atoms with Crippen molar-refractivity contribution in [1.29, 1.82) is 0 Å². The van der Waals surface area contributed by atoms with Gasteiger partial charge in [0, 0.05) is 50.1 Å². The second-order valence-electron chi connectivity index (χ2n) is 7.47. The third-order valence-corrected chi connectivity index (χ3v) is 6.23. The molecular formula is C24H31N3O3S. The summed E-state index contributed by atoms with van der Waals surface area (Å²) in [7, 11) is 0. The average molecular weight is 442 g/mol. The van der Waals surface area contributed by atoms with E-state index in [0.29, 0.717) is 43.9 Å². The molecule has 0 saturated heterocycles. The molecule has 0 fully saturated rings. The van der Waals surface area contributed by atoms with Crippen molar-refractivity contribution in [3.05, 3.63) is 58.2 Å². The number of pyridine rings is 1. The number of ether oxygens (including phenoxy) is 1.